The van der Waals surface area contributed by atoms with E-state index in [2.05, 4.69) is 12.2 Å². The predicted molar refractivity (Wildman–Crippen MR) is 98.2 cm³/mol. The summed E-state index contributed by atoms with van der Waals surface area (Å²) in [7, 11) is 0. The van der Waals surface area contributed by atoms with Crippen molar-refractivity contribution in [1.29, 1.82) is 0 Å². The molecule has 4 nitrogen and oxygen atoms in total. The zero-order chi connectivity index (χ0) is 17.8. The van der Waals surface area contributed by atoms with Crippen LogP contribution in [-0.2, 0) is 9.59 Å². The fourth-order valence-electron chi connectivity index (χ4n) is 4.48. The van der Waals surface area contributed by atoms with Crippen LogP contribution < -0.4 is 9.64 Å². The molecule has 3 aliphatic rings. The van der Waals surface area contributed by atoms with E-state index in [-0.39, 0.29) is 35.5 Å². The Kier molecular flexibility index (Phi) is 3.44. The molecule has 26 heavy (non-hydrogen) atoms. The van der Waals surface area contributed by atoms with Gasteiger partial charge in [0.25, 0.3) is 0 Å². The highest BCUT2D eigenvalue weighted by Gasteiger charge is 2.59. The zero-order valence-electron chi connectivity index (χ0n) is 13.8. The number of carbonyl (C=O) groups excluding carboxylic acids is 2. The predicted octanol–water partition coefficient (Wildman–Crippen LogP) is 4.44. The summed E-state index contributed by atoms with van der Waals surface area (Å²) in [4.78, 5) is 27.0. The third-order valence-corrected chi connectivity index (χ3v) is 5.91. The van der Waals surface area contributed by atoms with Crippen LogP contribution in [0.3, 0.4) is 0 Å². The molecule has 2 fully saturated rings. The second kappa shape index (κ2) is 5.71. The van der Waals surface area contributed by atoms with Crippen LogP contribution in [0.5, 0.6) is 11.5 Å². The van der Waals surface area contributed by atoms with Gasteiger partial charge in [-0.25, -0.2) is 4.90 Å². The number of carbonyl (C=O) groups is 2. The number of rotatable bonds is 3. The number of benzene rings is 2. The first-order valence-electron chi connectivity index (χ1n) is 8.72. The van der Waals surface area contributed by atoms with Crippen molar-refractivity contribution in [2.75, 3.05) is 4.90 Å². The monoisotopic (exact) mass is 365 g/mol. The highest BCUT2D eigenvalue weighted by molar-refractivity contribution is 6.33. The van der Waals surface area contributed by atoms with Gasteiger partial charge in [0.05, 0.1) is 22.5 Å². The molecule has 2 bridgehead atoms. The van der Waals surface area contributed by atoms with E-state index < -0.39 is 0 Å². The summed E-state index contributed by atoms with van der Waals surface area (Å²) in [5.41, 5.74) is 0.513. The van der Waals surface area contributed by atoms with Crippen LogP contribution in [0, 0.1) is 23.7 Å². The van der Waals surface area contributed by atoms with Crippen molar-refractivity contribution < 1.29 is 14.3 Å². The van der Waals surface area contributed by atoms with Crippen molar-refractivity contribution in [3.8, 4) is 11.5 Å². The van der Waals surface area contributed by atoms with Gasteiger partial charge < -0.3 is 4.74 Å². The Labute approximate surface area is 156 Å². The second-order valence-corrected chi connectivity index (χ2v) is 7.45. The summed E-state index contributed by atoms with van der Waals surface area (Å²) in [6.45, 7) is 0. The highest BCUT2D eigenvalue weighted by atomic mass is 35.5. The molecule has 130 valence electrons. The molecule has 1 saturated carbocycles. The van der Waals surface area contributed by atoms with Crippen LogP contribution in [-0.4, -0.2) is 11.8 Å². The molecule has 0 aromatic heterocycles. The molecule has 0 N–H and O–H groups in total. The van der Waals surface area contributed by atoms with E-state index in [0.717, 1.165) is 6.42 Å². The minimum atomic E-state index is -0.212. The molecule has 4 atom stereocenters. The first kappa shape index (κ1) is 15.6. The molecular weight excluding hydrogens is 350 g/mol. The molecule has 1 saturated heterocycles. The van der Waals surface area contributed by atoms with Gasteiger partial charge in [-0.1, -0.05) is 42.0 Å². The molecule has 2 aromatic rings. The minimum Gasteiger partial charge on any atom is -0.456 e. The molecule has 0 radical (unpaired) electrons. The van der Waals surface area contributed by atoms with E-state index in [0.29, 0.717) is 22.2 Å². The standard InChI is InChI=1S/C21H16ClNO3/c22-16-11-14(8-9-17(16)26-15-4-2-1-3-5-15)23-20(24)18-12-6-7-13(10-12)19(18)21(23)25/h1-9,11-13,18-19H,10H2/t12-,13+,18-,19-/m0/s1. The summed E-state index contributed by atoms with van der Waals surface area (Å²) in [5, 5.41) is 0.366. The Morgan fingerprint density at radius 3 is 2.19 bits per heavy atom. The van der Waals surface area contributed by atoms with Crippen LogP contribution in [0.1, 0.15) is 6.42 Å². The number of halogens is 1. The number of hydrogen-bond donors (Lipinski definition) is 0. The van der Waals surface area contributed by atoms with Gasteiger partial charge in [-0.2, -0.15) is 0 Å². The van der Waals surface area contributed by atoms with Gasteiger partial charge in [-0.15, -0.1) is 0 Å². The van der Waals surface area contributed by atoms with E-state index in [1.165, 1.54) is 4.90 Å². The zero-order valence-corrected chi connectivity index (χ0v) is 14.6. The van der Waals surface area contributed by atoms with Crippen LogP contribution >= 0.6 is 11.6 Å². The van der Waals surface area contributed by atoms with E-state index in [9.17, 15) is 9.59 Å². The number of hydrogen-bond acceptors (Lipinski definition) is 3. The van der Waals surface area contributed by atoms with E-state index in [1.54, 1.807) is 18.2 Å². The molecule has 2 amide bonds. The summed E-state index contributed by atoms with van der Waals surface area (Å²) >= 11 is 6.36. The normalized spacial score (nSPS) is 28.7. The third-order valence-electron chi connectivity index (χ3n) is 5.62. The van der Waals surface area contributed by atoms with Crippen LogP contribution in [0.15, 0.2) is 60.7 Å². The number of amides is 2. The smallest absolute Gasteiger partial charge is 0.238 e. The summed E-state index contributed by atoms with van der Waals surface area (Å²) in [5.74, 6) is 0.919. The quantitative estimate of drug-likeness (QED) is 0.596. The fraction of sp³-hybridized carbons (Fsp3) is 0.238. The number of nitrogens with zero attached hydrogens (tertiary/aromatic N) is 1. The summed E-state index contributed by atoms with van der Waals surface area (Å²) < 4.78 is 5.77. The maximum Gasteiger partial charge on any atom is 0.238 e. The van der Waals surface area contributed by atoms with Crippen molar-refractivity contribution in [1.82, 2.24) is 0 Å². The van der Waals surface area contributed by atoms with Gasteiger partial charge >= 0.3 is 0 Å². The van der Waals surface area contributed by atoms with Crippen LogP contribution in [0.25, 0.3) is 0 Å². The van der Waals surface area contributed by atoms with Gasteiger partial charge in [0.2, 0.25) is 11.8 Å². The number of imide groups is 1. The molecule has 1 aliphatic heterocycles. The number of ether oxygens (including phenoxy) is 1. The number of anilines is 1. The molecule has 2 aliphatic carbocycles. The number of allylic oxidation sites excluding steroid dienone is 2. The van der Waals surface area contributed by atoms with Crippen molar-refractivity contribution in [3.63, 3.8) is 0 Å². The van der Waals surface area contributed by atoms with E-state index >= 15 is 0 Å². The SMILES string of the molecule is O=C1[C@@H]2[C@@H](C(=O)N1c1ccc(Oc3ccccc3)c(Cl)c1)[C@H]1C=C[C@@H]2C1. The second-order valence-electron chi connectivity index (χ2n) is 7.04. The Morgan fingerprint density at radius 1 is 0.923 bits per heavy atom. The first-order valence-corrected chi connectivity index (χ1v) is 9.10. The molecule has 1 heterocycles. The van der Waals surface area contributed by atoms with Crippen molar-refractivity contribution in [3.05, 3.63) is 65.7 Å². The van der Waals surface area contributed by atoms with E-state index in [1.807, 2.05) is 30.3 Å². The van der Waals surface area contributed by atoms with Crippen molar-refractivity contribution in [2.45, 2.75) is 6.42 Å². The lowest BCUT2D eigenvalue weighted by Crippen LogP contribution is -2.32. The molecule has 0 spiro atoms. The Balaban J connectivity index is 1.44. The average Bonchev–Trinajstić information content (AvgIpc) is 3.32. The van der Waals surface area contributed by atoms with Gasteiger partial charge in [0, 0.05) is 0 Å². The lowest BCUT2D eigenvalue weighted by molar-refractivity contribution is -0.123. The van der Waals surface area contributed by atoms with Gasteiger partial charge in [-0.3, -0.25) is 9.59 Å². The Bertz CT molecular complexity index is 910. The van der Waals surface area contributed by atoms with Crippen molar-refractivity contribution in [2.24, 2.45) is 23.7 Å². The topological polar surface area (TPSA) is 46.6 Å². The lowest BCUT2D eigenvalue weighted by atomic mass is 9.85. The maximum absolute atomic E-state index is 12.9. The van der Waals surface area contributed by atoms with E-state index in [4.69, 9.17) is 16.3 Å². The average molecular weight is 366 g/mol. The molecule has 5 heteroatoms. The van der Waals surface area contributed by atoms with Crippen LogP contribution in [0.2, 0.25) is 5.02 Å². The highest BCUT2D eigenvalue weighted by Crippen LogP contribution is 2.53. The fourth-order valence-corrected chi connectivity index (χ4v) is 4.70. The first-order chi connectivity index (χ1) is 12.6. The molecule has 0 unspecified atom stereocenters. The summed E-state index contributed by atoms with van der Waals surface area (Å²) in [6.07, 6.45) is 5.10. The molecule has 5 rings (SSSR count). The minimum absolute atomic E-state index is 0.107. The number of para-hydroxylation sites is 1. The van der Waals surface area contributed by atoms with Crippen molar-refractivity contribution >= 4 is 29.1 Å². The Hall–Kier alpha value is -2.59. The van der Waals surface area contributed by atoms with Crippen LogP contribution in [0.4, 0.5) is 5.69 Å². The Morgan fingerprint density at radius 2 is 1.58 bits per heavy atom. The third kappa shape index (κ3) is 2.22. The van der Waals surface area contributed by atoms with Gasteiger partial charge in [0.15, 0.2) is 0 Å². The largest absolute Gasteiger partial charge is 0.456 e. The van der Waals surface area contributed by atoms with Gasteiger partial charge in [-0.05, 0) is 48.6 Å². The van der Waals surface area contributed by atoms with Gasteiger partial charge in [0.1, 0.15) is 11.5 Å². The molecular formula is C21H16ClNO3. The summed E-state index contributed by atoms with van der Waals surface area (Å²) in [6, 6.07) is 14.4. The molecule has 2 aromatic carbocycles. The lowest BCUT2D eigenvalue weighted by Gasteiger charge is -2.18. The maximum atomic E-state index is 12.9. The number of fused-ring (bicyclic) bond motifs is 5.